The first kappa shape index (κ1) is 13.0. The number of alkyl carbamates (subject to hydrolysis) is 1. The fourth-order valence-electron chi connectivity index (χ4n) is 2.13. The summed E-state index contributed by atoms with van der Waals surface area (Å²) >= 11 is 0. The first-order valence-electron chi connectivity index (χ1n) is 6.18. The molecule has 1 amide bonds. The van der Waals surface area contributed by atoms with Crippen LogP contribution >= 0.6 is 0 Å². The Morgan fingerprint density at radius 3 is 2.89 bits per heavy atom. The summed E-state index contributed by atoms with van der Waals surface area (Å²) in [5.74, 6) is 0.233. The average Bonchev–Trinajstić information content (AvgIpc) is 2.82. The van der Waals surface area contributed by atoms with Gasteiger partial charge < -0.3 is 19.8 Å². The molecule has 5 heteroatoms. The molecular weight excluding hydrogens is 232 g/mol. The largest absolute Gasteiger partial charge is 0.472 e. The van der Waals surface area contributed by atoms with Crippen molar-refractivity contribution in [1.82, 2.24) is 10.6 Å². The Morgan fingerprint density at radius 1 is 1.50 bits per heavy atom. The molecule has 1 fully saturated rings. The van der Waals surface area contributed by atoms with Gasteiger partial charge in [-0.3, -0.25) is 0 Å². The Balaban J connectivity index is 1.94. The Kier molecular flexibility index (Phi) is 3.61. The van der Waals surface area contributed by atoms with E-state index >= 15 is 0 Å². The van der Waals surface area contributed by atoms with Gasteiger partial charge in [-0.15, -0.1) is 0 Å². The lowest BCUT2D eigenvalue weighted by atomic mass is 9.97. The topological polar surface area (TPSA) is 63.5 Å². The predicted molar refractivity (Wildman–Crippen MR) is 67.5 cm³/mol. The number of nitrogens with one attached hydrogen (secondary N) is 2. The highest BCUT2D eigenvalue weighted by Gasteiger charge is 2.31. The summed E-state index contributed by atoms with van der Waals surface area (Å²) < 4.78 is 10.4. The smallest absolute Gasteiger partial charge is 0.407 e. The van der Waals surface area contributed by atoms with Crippen molar-refractivity contribution in [2.24, 2.45) is 0 Å². The van der Waals surface area contributed by atoms with Crippen LogP contribution in [0.2, 0.25) is 0 Å². The molecule has 1 aliphatic heterocycles. The lowest BCUT2D eigenvalue weighted by Crippen LogP contribution is -2.42. The van der Waals surface area contributed by atoms with E-state index in [-0.39, 0.29) is 18.1 Å². The molecule has 0 aromatic carbocycles. The minimum atomic E-state index is -0.471. The number of hydrogen-bond acceptors (Lipinski definition) is 4. The van der Waals surface area contributed by atoms with Gasteiger partial charge in [-0.05, 0) is 32.4 Å². The summed E-state index contributed by atoms with van der Waals surface area (Å²) in [7, 11) is 0. The van der Waals surface area contributed by atoms with Crippen molar-refractivity contribution >= 4 is 6.09 Å². The third-order valence-corrected chi connectivity index (χ3v) is 2.89. The molecule has 0 saturated carbocycles. The van der Waals surface area contributed by atoms with E-state index in [9.17, 15) is 4.79 Å². The molecule has 0 radical (unpaired) electrons. The number of hydrogen-bond donors (Lipinski definition) is 2. The molecule has 2 N–H and O–H groups in total. The number of carbonyl (C=O) groups excluding carboxylic acids is 1. The van der Waals surface area contributed by atoms with Crippen molar-refractivity contribution in [3.8, 4) is 0 Å². The van der Waals surface area contributed by atoms with E-state index in [0.29, 0.717) is 0 Å². The van der Waals surface area contributed by atoms with Crippen LogP contribution < -0.4 is 10.6 Å². The van der Waals surface area contributed by atoms with Crippen molar-refractivity contribution in [2.75, 3.05) is 13.1 Å². The molecule has 1 aliphatic rings. The van der Waals surface area contributed by atoms with E-state index in [0.717, 1.165) is 18.7 Å². The summed E-state index contributed by atoms with van der Waals surface area (Å²) in [5, 5.41) is 6.18. The van der Waals surface area contributed by atoms with E-state index in [1.165, 1.54) is 0 Å². The normalized spacial score (nSPS) is 23.9. The van der Waals surface area contributed by atoms with Gasteiger partial charge in [-0.2, -0.15) is 0 Å². The summed E-state index contributed by atoms with van der Waals surface area (Å²) in [5.41, 5.74) is 0.627. The number of ether oxygens (including phenoxy) is 1. The molecule has 5 nitrogen and oxygen atoms in total. The third-order valence-electron chi connectivity index (χ3n) is 2.89. The fourth-order valence-corrected chi connectivity index (χ4v) is 2.13. The second kappa shape index (κ2) is 5.02. The lowest BCUT2D eigenvalue weighted by Gasteiger charge is -2.23. The van der Waals surface area contributed by atoms with E-state index in [2.05, 4.69) is 10.6 Å². The van der Waals surface area contributed by atoms with Crippen LogP contribution in [0, 0.1) is 0 Å². The summed E-state index contributed by atoms with van der Waals surface area (Å²) in [6.45, 7) is 7.14. The molecule has 0 spiro atoms. The Bertz CT molecular complexity index is 395. The van der Waals surface area contributed by atoms with Crippen LogP contribution in [0.5, 0.6) is 0 Å². The quantitative estimate of drug-likeness (QED) is 0.843. The van der Waals surface area contributed by atoms with Crippen LogP contribution in [0.4, 0.5) is 4.79 Å². The molecule has 1 aromatic heterocycles. The SMILES string of the molecule is CC(C)(C)OC(=O)N[C@@H]1CNC[C@H]1c1ccoc1. The van der Waals surface area contributed by atoms with E-state index in [4.69, 9.17) is 9.15 Å². The van der Waals surface area contributed by atoms with E-state index < -0.39 is 5.60 Å². The molecule has 18 heavy (non-hydrogen) atoms. The van der Waals surface area contributed by atoms with Crippen LogP contribution in [-0.4, -0.2) is 30.8 Å². The van der Waals surface area contributed by atoms with Gasteiger partial charge in [0.1, 0.15) is 5.60 Å². The zero-order chi connectivity index (χ0) is 13.2. The maximum atomic E-state index is 11.7. The van der Waals surface area contributed by atoms with Gasteiger partial charge in [0.2, 0.25) is 0 Å². The van der Waals surface area contributed by atoms with Gasteiger partial charge in [0.05, 0.1) is 18.6 Å². The van der Waals surface area contributed by atoms with Crippen molar-refractivity contribution in [2.45, 2.75) is 38.3 Å². The van der Waals surface area contributed by atoms with Crippen LogP contribution in [0.1, 0.15) is 32.3 Å². The molecule has 2 rings (SSSR count). The van der Waals surface area contributed by atoms with Crippen molar-refractivity contribution in [3.05, 3.63) is 24.2 Å². The zero-order valence-corrected chi connectivity index (χ0v) is 11.0. The molecule has 0 unspecified atom stereocenters. The zero-order valence-electron chi connectivity index (χ0n) is 11.0. The van der Waals surface area contributed by atoms with Crippen molar-refractivity contribution in [1.29, 1.82) is 0 Å². The minimum absolute atomic E-state index is 0.0393. The van der Waals surface area contributed by atoms with Gasteiger partial charge in [0.15, 0.2) is 0 Å². The fraction of sp³-hybridized carbons (Fsp3) is 0.615. The Labute approximate surface area is 107 Å². The Hall–Kier alpha value is -1.49. The number of rotatable bonds is 2. The maximum Gasteiger partial charge on any atom is 0.407 e. The summed E-state index contributed by atoms with van der Waals surface area (Å²) in [4.78, 5) is 11.7. The number of carbonyl (C=O) groups is 1. The second-order valence-electron chi connectivity index (χ2n) is 5.57. The molecule has 0 aliphatic carbocycles. The summed E-state index contributed by atoms with van der Waals surface area (Å²) in [6.07, 6.45) is 3.00. The molecular formula is C13H20N2O3. The van der Waals surface area contributed by atoms with Crippen LogP contribution in [0.25, 0.3) is 0 Å². The van der Waals surface area contributed by atoms with Gasteiger partial charge in [0.25, 0.3) is 0 Å². The van der Waals surface area contributed by atoms with Gasteiger partial charge in [0, 0.05) is 19.0 Å². The first-order valence-corrected chi connectivity index (χ1v) is 6.18. The predicted octanol–water partition coefficient (Wildman–Crippen LogP) is 1.86. The third kappa shape index (κ3) is 3.26. The second-order valence-corrected chi connectivity index (χ2v) is 5.57. The molecule has 0 bridgehead atoms. The molecule has 2 heterocycles. The van der Waals surface area contributed by atoms with Crippen LogP contribution in [-0.2, 0) is 4.74 Å². The minimum Gasteiger partial charge on any atom is -0.472 e. The van der Waals surface area contributed by atoms with Gasteiger partial charge in [-0.25, -0.2) is 4.79 Å². The van der Waals surface area contributed by atoms with Gasteiger partial charge >= 0.3 is 6.09 Å². The standard InChI is InChI=1S/C13H20N2O3/c1-13(2,3)18-12(16)15-11-7-14-6-10(11)9-4-5-17-8-9/h4-5,8,10-11,14H,6-7H2,1-3H3,(H,15,16)/t10-,11+/m0/s1. The highest BCUT2D eigenvalue weighted by molar-refractivity contribution is 5.68. The summed E-state index contributed by atoms with van der Waals surface area (Å²) in [6, 6.07) is 1.97. The van der Waals surface area contributed by atoms with E-state index in [1.807, 2.05) is 26.8 Å². The molecule has 100 valence electrons. The van der Waals surface area contributed by atoms with Crippen LogP contribution in [0.3, 0.4) is 0 Å². The van der Waals surface area contributed by atoms with Crippen molar-refractivity contribution in [3.63, 3.8) is 0 Å². The van der Waals surface area contributed by atoms with Crippen molar-refractivity contribution < 1.29 is 13.9 Å². The highest BCUT2D eigenvalue weighted by atomic mass is 16.6. The number of amides is 1. The average molecular weight is 252 g/mol. The molecule has 1 saturated heterocycles. The highest BCUT2D eigenvalue weighted by Crippen LogP contribution is 2.23. The van der Waals surface area contributed by atoms with Crippen LogP contribution in [0.15, 0.2) is 23.0 Å². The Morgan fingerprint density at radius 2 is 2.28 bits per heavy atom. The molecule has 1 aromatic rings. The van der Waals surface area contributed by atoms with Gasteiger partial charge in [-0.1, -0.05) is 0 Å². The van der Waals surface area contributed by atoms with E-state index in [1.54, 1.807) is 12.5 Å². The maximum absolute atomic E-state index is 11.7. The molecule has 2 atom stereocenters. The number of furan rings is 1. The monoisotopic (exact) mass is 252 g/mol. The lowest BCUT2D eigenvalue weighted by molar-refractivity contribution is 0.0504. The first-order chi connectivity index (χ1) is 8.46.